The second-order valence-corrected chi connectivity index (χ2v) is 5.07. The van der Waals surface area contributed by atoms with E-state index in [9.17, 15) is 0 Å². The van der Waals surface area contributed by atoms with E-state index in [0.717, 1.165) is 42.9 Å². The lowest BCUT2D eigenvalue weighted by Gasteiger charge is -2.15. The summed E-state index contributed by atoms with van der Waals surface area (Å²) in [6.07, 6.45) is 1.11. The maximum Gasteiger partial charge on any atom is 0.120 e. The van der Waals surface area contributed by atoms with Gasteiger partial charge in [-0.2, -0.15) is 0 Å². The molecule has 1 aliphatic rings. The van der Waals surface area contributed by atoms with Crippen molar-refractivity contribution >= 4 is 28.3 Å². The van der Waals surface area contributed by atoms with E-state index in [-0.39, 0.29) is 12.4 Å². The largest absolute Gasteiger partial charge is 0.492 e. The second kappa shape index (κ2) is 7.21. The van der Waals surface area contributed by atoms with Crippen LogP contribution in [0, 0.1) is 0 Å². The van der Waals surface area contributed by atoms with Crippen molar-refractivity contribution in [2.24, 2.45) is 5.73 Å². The summed E-state index contributed by atoms with van der Waals surface area (Å²) in [4.78, 5) is 2.35. The number of likely N-dealkylation sites (tertiary alicyclic amines) is 1. The fraction of sp³-hybridized carbons (Fsp3) is 0.500. The minimum absolute atomic E-state index is 0. The first-order chi connectivity index (χ1) is 7.74. The average Bonchev–Trinajstić information content (AvgIpc) is 2.64. The van der Waals surface area contributed by atoms with Gasteiger partial charge in [0, 0.05) is 23.6 Å². The van der Waals surface area contributed by atoms with E-state index < -0.39 is 0 Å². The number of halogens is 2. The van der Waals surface area contributed by atoms with Gasteiger partial charge in [0.15, 0.2) is 0 Å². The number of hydrogen-bond acceptors (Lipinski definition) is 3. The van der Waals surface area contributed by atoms with Crippen LogP contribution in [-0.4, -0.2) is 37.2 Å². The molecule has 17 heavy (non-hydrogen) atoms. The minimum atomic E-state index is 0. The van der Waals surface area contributed by atoms with Crippen molar-refractivity contribution in [1.29, 1.82) is 0 Å². The van der Waals surface area contributed by atoms with Gasteiger partial charge in [0.1, 0.15) is 12.4 Å². The highest BCUT2D eigenvalue weighted by Gasteiger charge is 2.18. The maximum absolute atomic E-state index is 5.84. The summed E-state index contributed by atoms with van der Waals surface area (Å²) in [5.41, 5.74) is 5.84. The third-order valence-electron chi connectivity index (χ3n) is 2.78. The Morgan fingerprint density at radius 3 is 2.94 bits per heavy atom. The molecule has 2 N–H and O–H groups in total. The SMILES string of the molecule is Cl.NC1CCN(CCOc2cccc(Br)c2)C1. The topological polar surface area (TPSA) is 38.5 Å². The molecule has 1 atom stereocenters. The fourth-order valence-corrected chi connectivity index (χ4v) is 2.29. The van der Waals surface area contributed by atoms with Gasteiger partial charge in [0.25, 0.3) is 0 Å². The van der Waals surface area contributed by atoms with Crippen LogP contribution in [-0.2, 0) is 0 Å². The summed E-state index contributed by atoms with van der Waals surface area (Å²) in [6.45, 7) is 3.79. The smallest absolute Gasteiger partial charge is 0.120 e. The van der Waals surface area contributed by atoms with Crippen molar-refractivity contribution < 1.29 is 4.74 Å². The van der Waals surface area contributed by atoms with E-state index in [1.54, 1.807) is 0 Å². The number of rotatable bonds is 4. The molecule has 1 saturated heterocycles. The first-order valence-electron chi connectivity index (χ1n) is 5.60. The Kier molecular flexibility index (Phi) is 6.27. The molecule has 1 unspecified atom stereocenters. The van der Waals surface area contributed by atoms with Gasteiger partial charge in [-0.05, 0) is 31.2 Å². The fourth-order valence-electron chi connectivity index (χ4n) is 1.92. The molecule has 96 valence electrons. The Labute approximate surface area is 117 Å². The van der Waals surface area contributed by atoms with E-state index in [4.69, 9.17) is 10.5 Å². The highest BCUT2D eigenvalue weighted by atomic mass is 79.9. The number of hydrogen-bond donors (Lipinski definition) is 1. The van der Waals surface area contributed by atoms with Crippen molar-refractivity contribution in [2.75, 3.05) is 26.2 Å². The first kappa shape index (κ1) is 14.8. The molecule has 0 aromatic heterocycles. The van der Waals surface area contributed by atoms with Gasteiger partial charge in [-0.3, -0.25) is 4.90 Å². The standard InChI is InChI=1S/C12H17BrN2O.ClH/c13-10-2-1-3-12(8-10)16-7-6-15-5-4-11(14)9-15;/h1-3,8,11H,4-7,9,14H2;1H. The molecule has 1 aliphatic heterocycles. The Balaban J connectivity index is 0.00000144. The molecular formula is C12H18BrClN2O. The number of nitrogens with zero attached hydrogens (tertiary/aromatic N) is 1. The summed E-state index contributed by atoms with van der Waals surface area (Å²) < 4.78 is 6.72. The molecule has 1 aromatic rings. The van der Waals surface area contributed by atoms with Crippen LogP contribution < -0.4 is 10.5 Å². The summed E-state index contributed by atoms with van der Waals surface area (Å²) in [5, 5.41) is 0. The third-order valence-corrected chi connectivity index (χ3v) is 3.27. The minimum Gasteiger partial charge on any atom is -0.492 e. The Morgan fingerprint density at radius 1 is 1.47 bits per heavy atom. The Bertz CT molecular complexity index is 351. The van der Waals surface area contributed by atoms with Gasteiger partial charge >= 0.3 is 0 Å². The molecule has 3 nitrogen and oxygen atoms in total. The van der Waals surface area contributed by atoms with Gasteiger partial charge < -0.3 is 10.5 Å². The molecule has 2 rings (SSSR count). The molecule has 0 bridgehead atoms. The molecule has 0 spiro atoms. The molecule has 0 aliphatic carbocycles. The lowest BCUT2D eigenvalue weighted by atomic mass is 10.3. The summed E-state index contributed by atoms with van der Waals surface area (Å²) in [7, 11) is 0. The zero-order chi connectivity index (χ0) is 11.4. The van der Waals surface area contributed by atoms with Crippen LogP contribution >= 0.6 is 28.3 Å². The van der Waals surface area contributed by atoms with Crippen LogP contribution in [0.2, 0.25) is 0 Å². The maximum atomic E-state index is 5.84. The molecule has 0 saturated carbocycles. The average molecular weight is 322 g/mol. The quantitative estimate of drug-likeness (QED) is 0.924. The number of benzene rings is 1. The third kappa shape index (κ3) is 4.84. The zero-order valence-electron chi connectivity index (χ0n) is 9.64. The lowest BCUT2D eigenvalue weighted by Crippen LogP contribution is -2.29. The van der Waals surface area contributed by atoms with Gasteiger partial charge in [0.05, 0.1) is 0 Å². The zero-order valence-corrected chi connectivity index (χ0v) is 12.0. The van der Waals surface area contributed by atoms with E-state index in [2.05, 4.69) is 20.8 Å². The van der Waals surface area contributed by atoms with E-state index in [1.807, 2.05) is 24.3 Å². The lowest BCUT2D eigenvalue weighted by molar-refractivity contribution is 0.236. The molecule has 1 heterocycles. The predicted octanol–water partition coefficient (Wildman–Crippen LogP) is 2.28. The number of ether oxygens (including phenoxy) is 1. The van der Waals surface area contributed by atoms with Crippen LogP contribution in [0.1, 0.15) is 6.42 Å². The monoisotopic (exact) mass is 320 g/mol. The van der Waals surface area contributed by atoms with E-state index in [0.29, 0.717) is 6.04 Å². The first-order valence-corrected chi connectivity index (χ1v) is 6.39. The van der Waals surface area contributed by atoms with Crippen LogP contribution in [0.5, 0.6) is 5.75 Å². The van der Waals surface area contributed by atoms with Crippen molar-refractivity contribution in [3.05, 3.63) is 28.7 Å². The molecule has 1 fully saturated rings. The van der Waals surface area contributed by atoms with Crippen LogP contribution in [0.15, 0.2) is 28.7 Å². The van der Waals surface area contributed by atoms with E-state index >= 15 is 0 Å². The molecule has 5 heteroatoms. The molecule has 1 aromatic carbocycles. The Morgan fingerprint density at radius 2 is 2.29 bits per heavy atom. The van der Waals surface area contributed by atoms with Crippen molar-refractivity contribution in [3.63, 3.8) is 0 Å². The normalized spacial score (nSPS) is 20.0. The van der Waals surface area contributed by atoms with Crippen LogP contribution in [0.4, 0.5) is 0 Å². The second-order valence-electron chi connectivity index (χ2n) is 4.16. The van der Waals surface area contributed by atoms with Gasteiger partial charge in [-0.1, -0.05) is 22.0 Å². The highest BCUT2D eigenvalue weighted by Crippen LogP contribution is 2.17. The molecular weight excluding hydrogens is 304 g/mol. The summed E-state index contributed by atoms with van der Waals surface area (Å²) in [5.74, 6) is 0.915. The Hall–Kier alpha value is -0.290. The van der Waals surface area contributed by atoms with Crippen LogP contribution in [0.3, 0.4) is 0 Å². The van der Waals surface area contributed by atoms with Crippen molar-refractivity contribution in [3.8, 4) is 5.75 Å². The number of nitrogens with two attached hydrogens (primary N) is 1. The molecule has 0 radical (unpaired) electrons. The summed E-state index contributed by atoms with van der Waals surface area (Å²) in [6, 6.07) is 8.28. The predicted molar refractivity (Wildman–Crippen MR) is 75.9 cm³/mol. The van der Waals surface area contributed by atoms with Gasteiger partial charge in [-0.15, -0.1) is 12.4 Å². The van der Waals surface area contributed by atoms with Crippen molar-refractivity contribution in [2.45, 2.75) is 12.5 Å². The van der Waals surface area contributed by atoms with Gasteiger partial charge in [-0.25, -0.2) is 0 Å². The summed E-state index contributed by atoms with van der Waals surface area (Å²) >= 11 is 3.42. The van der Waals surface area contributed by atoms with Crippen LogP contribution in [0.25, 0.3) is 0 Å². The molecule has 0 amide bonds. The van der Waals surface area contributed by atoms with E-state index in [1.165, 1.54) is 0 Å². The van der Waals surface area contributed by atoms with Crippen molar-refractivity contribution in [1.82, 2.24) is 4.90 Å². The highest BCUT2D eigenvalue weighted by molar-refractivity contribution is 9.10. The van der Waals surface area contributed by atoms with Gasteiger partial charge in [0.2, 0.25) is 0 Å².